The summed E-state index contributed by atoms with van der Waals surface area (Å²) in [5, 5.41) is 0. The zero-order valence-electron chi connectivity index (χ0n) is 6.47. The van der Waals surface area contributed by atoms with Crippen molar-refractivity contribution in [1.82, 2.24) is 0 Å². The van der Waals surface area contributed by atoms with Crippen molar-refractivity contribution in [1.29, 1.82) is 0 Å². The lowest BCUT2D eigenvalue weighted by Gasteiger charge is -1.89. The molecular formula is C7H7N3OS. The highest BCUT2D eigenvalue weighted by atomic mass is 32.2. The fraction of sp³-hybridized carbons (Fsp3) is 0.143. The topological polar surface area (TPSA) is 61.9 Å². The molecule has 0 radical (unpaired) electrons. The zero-order chi connectivity index (χ0) is 8.81. The average molecular weight is 181 g/mol. The molecule has 5 heteroatoms. The summed E-state index contributed by atoms with van der Waals surface area (Å²) >= 11 is 1.06. The first-order valence-corrected chi connectivity index (χ1v) is 4.07. The van der Waals surface area contributed by atoms with Gasteiger partial charge in [0.25, 0.3) is 0 Å². The highest BCUT2D eigenvalue weighted by Crippen LogP contribution is 2.25. The van der Waals surface area contributed by atoms with E-state index in [2.05, 4.69) is 9.43 Å². The Morgan fingerprint density at radius 2 is 2.58 bits per heavy atom. The van der Waals surface area contributed by atoms with Crippen LogP contribution in [0.3, 0.4) is 0 Å². The lowest BCUT2D eigenvalue weighted by Crippen LogP contribution is -1.65. The Morgan fingerprint density at radius 3 is 3.25 bits per heavy atom. The quantitative estimate of drug-likeness (QED) is 0.309. The van der Waals surface area contributed by atoms with Crippen molar-refractivity contribution in [3.8, 4) is 0 Å². The highest BCUT2D eigenvalue weighted by molar-refractivity contribution is 7.98. The van der Waals surface area contributed by atoms with Crippen LogP contribution in [0.1, 0.15) is 12.7 Å². The Morgan fingerprint density at radius 1 is 1.75 bits per heavy atom. The molecule has 12 heavy (non-hydrogen) atoms. The SMILES string of the molecule is C/C=C\c1occc1SN=[N+]=[N-]. The Kier molecular flexibility index (Phi) is 3.32. The molecule has 0 saturated carbocycles. The first-order valence-electron chi connectivity index (χ1n) is 3.30. The smallest absolute Gasteiger partial charge is 0.140 e. The van der Waals surface area contributed by atoms with Crippen LogP contribution in [0.25, 0.3) is 16.5 Å². The van der Waals surface area contributed by atoms with Gasteiger partial charge in [0.2, 0.25) is 0 Å². The van der Waals surface area contributed by atoms with Crippen LogP contribution in [-0.4, -0.2) is 0 Å². The van der Waals surface area contributed by atoms with Gasteiger partial charge in [-0.15, -0.1) is 0 Å². The Balaban J connectivity index is 2.83. The van der Waals surface area contributed by atoms with Crippen LogP contribution in [0.5, 0.6) is 0 Å². The third kappa shape index (κ3) is 2.08. The van der Waals surface area contributed by atoms with Gasteiger partial charge < -0.3 is 4.42 Å². The molecule has 1 aromatic heterocycles. The molecule has 4 nitrogen and oxygen atoms in total. The minimum absolute atomic E-state index is 0.718. The van der Waals surface area contributed by atoms with Crippen molar-refractivity contribution in [2.75, 3.05) is 0 Å². The first kappa shape index (κ1) is 8.77. The molecule has 0 aliphatic carbocycles. The van der Waals surface area contributed by atoms with Gasteiger partial charge in [0.05, 0.1) is 11.2 Å². The summed E-state index contributed by atoms with van der Waals surface area (Å²) in [7, 11) is 0. The fourth-order valence-electron chi connectivity index (χ4n) is 0.720. The summed E-state index contributed by atoms with van der Waals surface area (Å²) in [6, 6.07) is 1.76. The third-order valence-electron chi connectivity index (χ3n) is 1.15. The van der Waals surface area contributed by atoms with E-state index < -0.39 is 0 Å². The van der Waals surface area contributed by atoms with Crippen LogP contribution in [0, 0.1) is 0 Å². The number of azide groups is 1. The van der Waals surface area contributed by atoms with Crippen LogP contribution >= 0.6 is 11.9 Å². The maximum Gasteiger partial charge on any atom is 0.140 e. The monoisotopic (exact) mass is 181 g/mol. The van der Waals surface area contributed by atoms with Gasteiger partial charge in [0, 0.05) is 4.91 Å². The second kappa shape index (κ2) is 4.54. The second-order valence-corrected chi connectivity index (χ2v) is 2.70. The minimum Gasteiger partial charge on any atom is -0.464 e. The molecule has 0 aliphatic heterocycles. The van der Waals surface area contributed by atoms with E-state index in [0.29, 0.717) is 0 Å². The zero-order valence-corrected chi connectivity index (χ0v) is 7.28. The molecule has 1 aromatic rings. The molecular weight excluding hydrogens is 174 g/mol. The minimum atomic E-state index is 0.718. The van der Waals surface area contributed by atoms with Gasteiger partial charge in [-0.3, -0.25) is 0 Å². The molecule has 0 bridgehead atoms. The number of hydrogen-bond donors (Lipinski definition) is 0. The second-order valence-electron chi connectivity index (χ2n) is 1.91. The number of hydrogen-bond acceptors (Lipinski definition) is 3. The van der Waals surface area contributed by atoms with Crippen LogP contribution in [0.4, 0.5) is 0 Å². The van der Waals surface area contributed by atoms with Crippen molar-refractivity contribution in [3.63, 3.8) is 0 Å². The molecule has 0 saturated heterocycles. The van der Waals surface area contributed by atoms with Crippen molar-refractivity contribution >= 4 is 18.0 Å². The maximum atomic E-state index is 8.07. The summed E-state index contributed by atoms with van der Waals surface area (Å²) in [4.78, 5) is 3.46. The third-order valence-corrected chi connectivity index (χ3v) is 1.84. The van der Waals surface area contributed by atoms with Crippen molar-refractivity contribution in [2.24, 2.45) is 4.52 Å². The number of allylic oxidation sites excluding steroid dienone is 1. The Hall–Kier alpha value is -1.32. The van der Waals surface area contributed by atoms with E-state index >= 15 is 0 Å². The van der Waals surface area contributed by atoms with E-state index in [9.17, 15) is 0 Å². The van der Waals surface area contributed by atoms with E-state index in [1.165, 1.54) is 0 Å². The van der Waals surface area contributed by atoms with Crippen LogP contribution in [0.15, 0.2) is 32.2 Å². The van der Waals surface area contributed by atoms with Crippen molar-refractivity contribution in [3.05, 3.63) is 34.6 Å². The lowest BCUT2D eigenvalue weighted by atomic mass is 10.4. The molecule has 1 heterocycles. The summed E-state index contributed by atoms with van der Waals surface area (Å²) in [5.74, 6) is 0.718. The van der Waals surface area contributed by atoms with Crippen molar-refractivity contribution in [2.45, 2.75) is 11.8 Å². The molecule has 0 aliphatic rings. The van der Waals surface area contributed by atoms with Gasteiger partial charge in [-0.2, -0.15) is 0 Å². The maximum absolute atomic E-state index is 8.07. The number of rotatable bonds is 3. The van der Waals surface area contributed by atoms with E-state index in [-0.39, 0.29) is 0 Å². The Labute approximate surface area is 74.0 Å². The average Bonchev–Trinajstić information content (AvgIpc) is 2.50. The fourth-order valence-corrected chi connectivity index (χ4v) is 1.17. The lowest BCUT2D eigenvalue weighted by molar-refractivity contribution is 0.551. The normalized spacial score (nSPS) is 10.1. The first-order chi connectivity index (χ1) is 5.88. The molecule has 0 amide bonds. The number of nitrogens with zero attached hydrogens (tertiary/aromatic N) is 3. The summed E-state index contributed by atoms with van der Waals surface area (Å²) < 4.78 is 8.47. The van der Waals surface area contributed by atoms with Crippen LogP contribution in [0.2, 0.25) is 0 Å². The molecule has 0 fully saturated rings. The molecule has 0 spiro atoms. The highest BCUT2D eigenvalue weighted by Gasteiger charge is 2.00. The standard InChI is InChI=1S/C7H7N3OS/c1-2-3-6-7(4-5-11-6)12-10-9-8/h2-5H,1H3/b3-2-. The molecule has 0 aromatic carbocycles. The van der Waals surface area contributed by atoms with E-state index in [1.54, 1.807) is 12.3 Å². The van der Waals surface area contributed by atoms with E-state index in [1.807, 2.05) is 19.1 Å². The Bertz CT molecular complexity index is 325. The summed E-state index contributed by atoms with van der Waals surface area (Å²) in [5.41, 5.74) is 8.07. The van der Waals surface area contributed by atoms with E-state index in [4.69, 9.17) is 9.95 Å². The van der Waals surface area contributed by atoms with Gasteiger partial charge in [-0.25, -0.2) is 0 Å². The van der Waals surface area contributed by atoms with Crippen LogP contribution in [-0.2, 0) is 0 Å². The largest absolute Gasteiger partial charge is 0.464 e. The van der Waals surface area contributed by atoms with Crippen LogP contribution < -0.4 is 0 Å². The molecule has 1 rings (SSSR count). The molecule has 62 valence electrons. The molecule has 0 N–H and O–H groups in total. The predicted molar refractivity (Wildman–Crippen MR) is 48.4 cm³/mol. The molecule has 0 unspecified atom stereocenters. The van der Waals surface area contributed by atoms with Gasteiger partial charge in [0.1, 0.15) is 5.76 Å². The van der Waals surface area contributed by atoms with Gasteiger partial charge in [-0.1, -0.05) is 6.08 Å². The number of furan rings is 1. The van der Waals surface area contributed by atoms with Gasteiger partial charge in [0.15, 0.2) is 0 Å². The summed E-state index contributed by atoms with van der Waals surface area (Å²) in [6.45, 7) is 1.89. The predicted octanol–water partition coefficient (Wildman–Crippen LogP) is 3.63. The van der Waals surface area contributed by atoms with Gasteiger partial charge in [-0.05, 0) is 41.1 Å². The van der Waals surface area contributed by atoms with E-state index in [0.717, 1.165) is 22.6 Å². The molecule has 0 atom stereocenters. The summed E-state index contributed by atoms with van der Waals surface area (Å²) in [6.07, 6.45) is 5.23. The van der Waals surface area contributed by atoms with Gasteiger partial charge >= 0.3 is 0 Å². The van der Waals surface area contributed by atoms with Crippen molar-refractivity contribution < 1.29 is 4.42 Å².